The Morgan fingerprint density at radius 2 is 2.08 bits per heavy atom. The first-order chi connectivity index (χ1) is 12.5. The summed E-state index contributed by atoms with van der Waals surface area (Å²) in [5.74, 6) is 1.57. The van der Waals surface area contributed by atoms with E-state index in [0.29, 0.717) is 5.69 Å². The third-order valence-corrected chi connectivity index (χ3v) is 5.45. The molecule has 134 valence electrons. The van der Waals surface area contributed by atoms with Crippen LogP contribution < -0.4 is 4.72 Å². The third kappa shape index (κ3) is 3.60. The molecule has 0 spiro atoms. The molecule has 0 saturated heterocycles. The van der Waals surface area contributed by atoms with E-state index in [1.807, 2.05) is 10.6 Å². The molecule has 7 nitrogen and oxygen atoms in total. The number of nitrogens with one attached hydrogen (secondary N) is 1. The molecule has 1 aromatic carbocycles. The fourth-order valence-electron chi connectivity index (χ4n) is 2.87. The number of hydrogen-bond donors (Lipinski definition) is 1. The van der Waals surface area contributed by atoms with Crippen molar-refractivity contribution >= 4 is 26.7 Å². The maximum atomic E-state index is 11.7. The van der Waals surface area contributed by atoms with E-state index in [2.05, 4.69) is 26.3 Å². The van der Waals surface area contributed by atoms with Gasteiger partial charge in [-0.05, 0) is 37.0 Å². The van der Waals surface area contributed by atoms with Crippen molar-refractivity contribution in [2.75, 3.05) is 4.72 Å². The molecule has 0 amide bonds. The van der Waals surface area contributed by atoms with Gasteiger partial charge < -0.3 is 0 Å². The molecule has 3 aromatic rings. The van der Waals surface area contributed by atoms with Crippen molar-refractivity contribution in [3.8, 4) is 5.82 Å². The Bertz CT molecular complexity index is 1070. The van der Waals surface area contributed by atoms with Crippen molar-refractivity contribution < 1.29 is 8.42 Å². The molecule has 8 heteroatoms. The van der Waals surface area contributed by atoms with Gasteiger partial charge in [0.1, 0.15) is 18.5 Å². The molecule has 1 aliphatic carbocycles. The van der Waals surface area contributed by atoms with E-state index in [1.54, 1.807) is 30.9 Å². The number of benzene rings is 1. The van der Waals surface area contributed by atoms with Gasteiger partial charge in [-0.25, -0.2) is 23.4 Å². The molecule has 0 atom stereocenters. The fourth-order valence-corrected chi connectivity index (χ4v) is 3.41. The highest BCUT2D eigenvalue weighted by Crippen LogP contribution is 2.33. The highest BCUT2D eigenvalue weighted by Gasteiger charge is 2.21. The van der Waals surface area contributed by atoms with E-state index >= 15 is 0 Å². The largest absolute Gasteiger partial charge is 0.283 e. The van der Waals surface area contributed by atoms with Crippen LogP contribution >= 0.6 is 0 Å². The third-order valence-electron chi connectivity index (χ3n) is 4.49. The van der Waals surface area contributed by atoms with E-state index in [9.17, 15) is 8.42 Å². The normalized spacial score (nSPS) is 14.5. The van der Waals surface area contributed by atoms with Crippen molar-refractivity contribution in [1.82, 2.24) is 19.5 Å². The van der Waals surface area contributed by atoms with Crippen LogP contribution in [0.3, 0.4) is 0 Å². The molecule has 1 saturated carbocycles. The predicted molar refractivity (Wildman–Crippen MR) is 100 cm³/mol. The molecule has 0 radical (unpaired) electrons. The van der Waals surface area contributed by atoms with Crippen molar-refractivity contribution in [3.63, 3.8) is 0 Å². The van der Waals surface area contributed by atoms with Gasteiger partial charge in [0.15, 0.2) is 0 Å². The molecule has 1 fully saturated rings. The Morgan fingerprint density at radius 1 is 1.23 bits per heavy atom. The Balaban J connectivity index is 1.67. The standard InChI is InChI=1S/C18H19N5O2S/c1-2-26(24,25)22-15-7-8-16-17(9-15)23(12-21-16)18-10-14(19-11-20-18)6-5-13-3-4-13/h2,7-13,22H,1,3-6H2. The lowest BCUT2D eigenvalue weighted by Crippen LogP contribution is -2.08. The Labute approximate surface area is 151 Å². The zero-order valence-corrected chi connectivity index (χ0v) is 15.0. The van der Waals surface area contributed by atoms with Gasteiger partial charge >= 0.3 is 0 Å². The van der Waals surface area contributed by atoms with E-state index < -0.39 is 10.0 Å². The number of imidazole rings is 1. The minimum Gasteiger partial charge on any atom is -0.283 e. The number of hydrogen-bond acceptors (Lipinski definition) is 5. The summed E-state index contributed by atoms with van der Waals surface area (Å²) in [6.07, 6.45) is 8.00. The number of sulfonamides is 1. The number of anilines is 1. The Kier molecular flexibility index (Phi) is 4.20. The molecule has 2 aromatic heterocycles. The molecule has 4 rings (SSSR count). The van der Waals surface area contributed by atoms with Gasteiger partial charge in [-0.3, -0.25) is 9.29 Å². The second-order valence-corrected chi connectivity index (χ2v) is 8.11. The van der Waals surface area contributed by atoms with E-state index in [-0.39, 0.29) is 0 Å². The number of rotatable bonds is 7. The lowest BCUT2D eigenvalue weighted by Gasteiger charge is -2.07. The van der Waals surface area contributed by atoms with Crippen molar-refractivity contribution in [1.29, 1.82) is 0 Å². The van der Waals surface area contributed by atoms with Crippen LogP contribution in [-0.4, -0.2) is 27.9 Å². The minimum atomic E-state index is -3.56. The van der Waals surface area contributed by atoms with Gasteiger partial charge in [0.2, 0.25) is 0 Å². The molecule has 26 heavy (non-hydrogen) atoms. The second-order valence-electron chi connectivity index (χ2n) is 6.48. The van der Waals surface area contributed by atoms with Crippen LogP contribution in [0.1, 0.15) is 25.0 Å². The Hall–Kier alpha value is -2.74. The number of aromatic nitrogens is 4. The van der Waals surface area contributed by atoms with Gasteiger partial charge in [-0.15, -0.1) is 0 Å². The average Bonchev–Trinajstić information content (AvgIpc) is 3.38. The van der Waals surface area contributed by atoms with Crippen LogP contribution in [0.4, 0.5) is 5.69 Å². The maximum Gasteiger partial charge on any atom is 0.254 e. The highest BCUT2D eigenvalue weighted by atomic mass is 32.2. The van der Waals surface area contributed by atoms with E-state index in [1.165, 1.54) is 12.8 Å². The lowest BCUT2D eigenvalue weighted by molar-refractivity contribution is 0.609. The van der Waals surface area contributed by atoms with Gasteiger partial charge in [0.25, 0.3) is 10.0 Å². The molecule has 1 aliphatic rings. The summed E-state index contributed by atoms with van der Waals surface area (Å²) in [5, 5.41) is 0.880. The number of nitrogens with zero attached hydrogens (tertiary/aromatic N) is 4. The van der Waals surface area contributed by atoms with Crippen LogP contribution in [-0.2, 0) is 16.4 Å². The first-order valence-electron chi connectivity index (χ1n) is 8.48. The molecule has 1 N–H and O–H groups in total. The molecule has 2 heterocycles. The summed E-state index contributed by atoms with van der Waals surface area (Å²) in [6, 6.07) is 7.13. The monoisotopic (exact) mass is 369 g/mol. The van der Waals surface area contributed by atoms with Crippen LogP contribution in [0.2, 0.25) is 0 Å². The molecular weight excluding hydrogens is 350 g/mol. The highest BCUT2D eigenvalue weighted by molar-refractivity contribution is 7.95. The lowest BCUT2D eigenvalue weighted by atomic mass is 10.2. The summed E-state index contributed by atoms with van der Waals surface area (Å²) in [5.41, 5.74) is 2.97. The second kappa shape index (κ2) is 6.53. The van der Waals surface area contributed by atoms with Crippen LogP contribution in [0.15, 0.2) is 48.9 Å². The average molecular weight is 369 g/mol. The van der Waals surface area contributed by atoms with Crippen LogP contribution in [0.25, 0.3) is 16.9 Å². The quantitative estimate of drug-likeness (QED) is 0.691. The first kappa shape index (κ1) is 16.7. The zero-order chi connectivity index (χ0) is 18.1. The molecular formula is C18H19N5O2S. The number of aryl methyl sites for hydroxylation is 1. The summed E-state index contributed by atoms with van der Waals surface area (Å²) >= 11 is 0. The summed E-state index contributed by atoms with van der Waals surface area (Å²) in [6.45, 7) is 3.30. The van der Waals surface area contributed by atoms with Gasteiger partial charge in [0, 0.05) is 17.2 Å². The molecule has 0 unspecified atom stereocenters. The Morgan fingerprint density at radius 3 is 2.85 bits per heavy atom. The van der Waals surface area contributed by atoms with Crippen molar-refractivity contribution in [3.05, 3.63) is 54.6 Å². The molecule has 0 aliphatic heterocycles. The summed E-state index contributed by atoms with van der Waals surface area (Å²) < 4.78 is 27.7. The minimum absolute atomic E-state index is 0.446. The van der Waals surface area contributed by atoms with E-state index in [0.717, 1.165) is 46.7 Å². The van der Waals surface area contributed by atoms with Gasteiger partial charge in [0.05, 0.1) is 16.7 Å². The number of fused-ring (bicyclic) bond motifs is 1. The summed E-state index contributed by atoms with van der Waals surface area (Å²) in [7, 11) is -3.56. The first-order valence-corrected chi connectivity index (χ1v) is 10.0. The fraction of sp³-hybridized carbons (Fsp3) is 0.278. The SMILES string of the molecule is C=CS(=O)(=O)Nc1ccc2ncn(-c3cc(CCC4CC4)ncn3)c2c1. The topological polar surface area (TPSA) is 89.8 Å². The smallest absolute Gasteiger partial charge is 0.254 e. The van der Waals surface area contributed by atoms with Crippen molar-refractivity contribution in [2.45, 2.75) is 25.7 Å². The van der Waals surface area contributed by atoms with Crippen molar-refractivity contribution in [2.24, 2.45) is 5.92 Å². The van der Waals surface area contributed by atoms with Crippen LogP contribution in [0, 0.1) is 5.92 Å². The van der Waals surface area contributed by atoms with E-state index in [4.69, 9.17) is 0 Å². The van der Waals surface area contributed by atoms with Gasteiger partial charge in [-0.1, -0.05) is 19.4 Å². The maximum absolute atomic E-state index is 11.7. The zero-order valence-electron chi connectivity index (χ0n) is 14.2. The molecule has 0 bridgehead atoms. The van der Waals surface area contributed by atoms with Crippen LogP contribution in [0.5, 0.6) is 0 Å². The summed E-state index contributed by atoms with van der Waals surface area (Å²) in [4.78, 5) is 13.1. The predicted octanol–water partition coefficient (Wildman–Crippen LogP) is 3.04. The van der Waals surface area contributed by atoms with Gasteiger partial charge in [-0.2, -0.15) is 0 Å².